The van der Waals surface area contributed by atoms with Crippen molar-refractivity contribution in [1.29, 1.82) is 0 Å². The lowest BCUT2D eigenvalue weighted by molar-refractivity contribution is -0.120. The Bertz CT molecular complexity index is 935. The van der Waals surface area contributed by atoms with Gasteiger partial charge in [0.1, 0.15) is 5.75 Å². The van der Waals surface area contributed by atoms with Crippen molar-refractivity contribution in [1.82, 2.24) is 14.9 Å². The highest BCUT2D eigenvalue weighted by Gasteiger charge is 2.23. The van der Waals surface area contributed by atoms with Crippen molar-refractivity contribution in [3.8, 4) is 11.4 Å². The van der Waals surface area contributed by atoms with Gasteiger partial charge in [-0.3, -0.25) is 14.7 Å². The molecule has 4 rings (SSSR count). The van der Waals surface area contributed by atoms with Crippen LogP contribution in [0, 0.1) is 5.92 Å². The van der Waals surface area contributed by atoms with Gasteiger partial charge in [0.05, 0.1) is 23.8 Å². The Morgan fingerprint density at radius 3 is 2.74 bits per heavy atom. The van der Waals surface area contributed by atoms with E-state index in [1.807, 2.05) is 53.1 Å². The van der Waals surface area contributed by atoms with E-state index in [0.717, 1.165) is 48.4 Å². The minimum Gasteiger partial charge on any atom is -0.497 e. The van der Waals surface area contributed by atoms with Gasteiger partial charge in [-0.15, -0.1) is 12.4 Å². The predicted octanol–water partition coefficient (Wildman–Crippen LogP) is 3.39. The van der Waals surface area contributed by atoms with Crippen LogP contribution in [0.2, 0.25) is 0 Å². The number of hydrogen-bond donors (Lipinski definition) is 2. The molecule has 1 saturated heterocycles. The SMILES string of the molecule is COc1cccc(-n2c(NC(=O)C3CCNCC3)nc3ccccc32)c1.Cl. The summed E-state index contributed by atoms with van der Waals surface area (Å²) in [7, 11) is 1.64. The van der Waals surface area contributed by atoms with Crippen molar-refractivity contribution < 1.29 is 9.53 Å². The summed E-state index contributed by atoms with van der Waals surface area (Å²) in [6.07, 6.45) is 1.70. The van der Waals surface area contributed by atoms with Gasteiger partial charge in [0.15, 0.2) is 0 Å². The summed E-state index contributed by atoms with van der Waals surface area (Å²) < 4.78 is 7.32. The highest BCUT2D eigenvalue weighted by molar-refractivity contribution is 5.94. The lowest BCUT2D eigenvalue weighted by Crippen LogP contribution is -2.35. The van der Waals surface area contributed by atoms with Crippen molar-refractivity contribution in [2.75, 3.05) is 25.5 Å². The lowest BCUT2D eigenvalue weighted by Gasteiger charge is -2.21. The maximum Gasteiger partial charge on any atom is 0.229 e. The molecule has 0 atom stereocenters. The molecule has 1 aliphatic heterocycles. The number of aromatic nitrogens is 2. The fourth-order valence-electron chi connectivity index (χ4n) is 3.42. The molecule has 142 valence electrons. The number of anilines is 1. The third-order valence-electron chi connectivity index (χ3n) is 4.82. The monoisotopic (exact) mass is 386 g/mol. The molecule has 0 radical (unpaired) electrons. The van der Waals surface area contributed by atoms with E-state index in [-0.39, 0.29) is 24.2 Å². The number of hydrogen-bond acceptors (Lipinski definition) is 4. The maximum absolute atomic E-state index is 12.7. The summed E-state index contributed by atoms with van der Waals surface area (Å²) in [5, 5.41) is 6.34. The third kappa shape index (κ3) is 3.91. The molecular formula is C20H23ClN4O2. The van der Waals surface area contributed by atoms with Gasteiger partial charge in [-0.05, 0) is 50.2 Å². The number of fused-ring (bicyclic) bond motifs is 1. The van der Waals surface area contributed by atoms with Crippen molar-refractivity contribution in [3.05, 3.63) is 48.5 Å². The van der Waals surface area contributed by atoms with Gasteiger partial charge in [-0.2, -0.15) is 0 Å². The molecule has 7 heteroatoms. The van der Waals surface area contributed by atoms with Crippen LogP contribution in [0.1, 0.15) is 12.8 Å². The number of carbonyl (C=O) groups excluding carboxylic acids is 1. The number of imidazole rings is 1. The summed E-state index contributed by atoms with van der Waals surface area (Å²) in [6, 6.07) is 15.6. The second-order valence-corrected chi connectivity index (χ2v) is 6.47. The van der Waals surface area contributed by atoms with Gasteiger partial charge in [-0.25, -0.2) is 4.98 Å². The first-order chi connectivity index (χ1) is 12.8. The summed E-state index contributed by atoms with van der Waals surface area (Å²) in [6.45, 7) is 1.76. The van der Waals surface area contributed by atoms with Crippen molar-refractivity contribution >= 4 is 35.3 Å². The molecule has 0 bridgehead atoms. The Morgan fingerprint density at radius 1 is 1.19 bits per heavy atom. The largest absolute Gasteiger partial charge is 0.497 e. The molecule has 0 spiro atoms. The molecule has 1 fully saturated rings. The minimum absolute atomic E-state index is 0. The number of carbonyl (C=O) groups is 1. The number of halogens is 1. The van der Waals surface area contributed by atoms with Crippen LogP contribution < -0.4 is 15.4 Å². The Hall–Kier alpha value is -2.57. The predicted molar refractivity (Wildman–Crippen MR) is 109 cm³/mol. The quantitative estimate of drug-likeness (QED) is 0.721. The number of amides is 1. The van der Waals surface area contributed by atoms with E-state index in [0.29, 0.717) is 5.95 Å². The molecule has 6 nitrogen and oxygen atoms in total. The zero-order valence-electron chi connectivity index (χ0n) is 15.1. The molecule has 0 unspecified atom stereocenters. The number of nitrogens with zero attached hydrogens (tertiary/aromatic N) is 2. The zero-order chi connectivity index (χ0) is 17.9. The second kappa shape index (κ2) is 8.41. The molecule has 3 aromatic rings. The average molecular weight is 387 g/mol. The first kappa shape index (κ1) is 19.2. The van der Waals surface area contributed by atoms with E-state index in [4.69, 9.17) is 4.74 Å². The molecule has 1 aromatic heterocycles. The Morgan fingerprint density at radius 2 is 1.96 bits per heavy atom. The van der Waals surface area contributed by atoms with E-state index in [1.54, 1.807) is 7.11 Å². The van der Waals surface area contributed by atoms with Gasteiger partial charge < -0.3 is 10.1 Å². The van der Waals surface area contributed by atoms with E-state index in [2.05, 4.69) is 15.6 Å². The number of nitrogens with one attached hydrogen (secondary N) is 2. The first-order valence-corrected chi connectivity index (χ1v) is 8.90. The highest BCUT2D eigenvalue weighted by Crippen LogP contribution is 2.27. The number of para-hydroxylation sites is 2. The molecular weight excluding hydrogens is 364 g/mol. The van der Waals surface area contributed by atoms with E-state index in [9.17, 15) is 4.79 Å². The minimum atomic E-state index is 0. The standard InChI is InChI=1S/C20H22N4O2.ClH/c1-26-16-6-4-5-15(13-16)24-18-8-3-2-7-17(18)22-20(24)23-19(25)14-9-11-21-12-10-14;/h2-8,13-14,21H,9-12H2,1H3,(H,22,23,25);1H. The van der Waals surface area contributed by atoms with Crippen molar-refractivity contribution in [3.63, 3.8) is 0 Å². The smallest absolute Gasteiger partial charge is 0.229 e. The summed E-state index contributed by atoms with van der Waals surface area (Å²) in [4.78, 5) is 17.4. The molecule has 27 heavy (non-hydrogen) atoms. The van der Waals surface area contributed by atoms with Crippen molar-refractivity contribution in [2.24, 2.45) is 5.92 Å². The summed E-state index contributed by atoms with van der Waals surface area (Å²) in [5.74, 6) is 1.36. The Balaban J connectivity index is 0.00000210. The Labute approximate surface area is 164 Å². The average Bonchev–Trinajstić information content (AvgIpc) is 3.06. The van der Waals surface area contributed by atoms with Crippen LogP contribution in [-0.4, -0.2) is 35.7 Å². The molecule has 1 aliphatic rings. The third-order valence-corrected chi connectivity index (χ3v) is 4.82. The lowest BCUT2D eigenvalue weighted by atomic mass is 9.97. The highest BCUT2D eigenvalue weighted by atomic mass is 35.5. The van der Waals surface area contributed by atoms with Gasteiger partial charge in [0.25, 0.3) is 0 Å². The summed E-state index contributed by atoms with van der Waals surface area (Å²) >= 11 is 0. The molecule has 2 aromatic carbocycles. The summed E-state index contributed by atoms with van der Waals surface area (Å²) in [5.41, 5.74) is 2.69. The van der Waals surface area contributed by atoms with Gasteiger partial charge in [-0.1, -0.05) is 18.2 Å². The first-order valence-electron chi connectivity index (χ1n) is 8.90. The maximum atomic E-state index is 12.7. The van der Waals surface area contributed by atoms with E-state index < -0.39 is 0 Å². The van der Waals surface area contributed by atoms with E-state index in [1.165, 1.54) is 0 Å². The van der Waals surface area contributed by atoms with Gasteiger partial charge in [0.2, 0.25) is 11.9 Å². The normalized spacial score (nSPS) is 14.6. The van der Waals surface area contributed by atoms with Crippen LogP contribution in [-0.2, 0) is 4.79 Å². The van der Waals surface area contributed by atoms with Crippen LogP contribution in [0.5, 0.6) is 5.75 Å². The van der Waals surface area contributed by atoms with Crippen LogP contribution in [0.4, 0.5) is 5.95 Å². The van der Waals surface area contributed by atoms with Crippen LogP contribution >= 0.6 is 12.4 Å². The Kier molecular flexibility index (Phi) is 5.98. The van der Waals surface area contributed by atoms with Gasteiger partial charge >= 0.3 is 0 Å². The number of ether oxygens (including phenoxy) is 1. The number of piperidine rings is 1. The van der Waals surface area contributed by atoms with Crippen molar-refractivity contribution in [2.45, 2.75) is 12.8 Å². The fraction of sp³-hybridized carbons (Fsp3) is 0.300. The molecule has 0 saturated carbocycles. The fourth-order valence-corrected chi connectivity index (χ4v) is 3.42. The number of rotatable bonds is 4. The molecule has 2 heterocycles. The van der Waals surface area contributed by atoms with Crippen LogP contribution in [0.15, 0.2) is 48.5 Å². The topological polar surface area (TPSA) is 68.2 Å². The van der Waals surface area contributed by atoms with Crippen LogP contribution in [0.3, 0.4) is 0 Å². The van der Waals surface area contributed by atoms with Crippen LogP contribution in [0.25, 0.3) is 16.7 Å². The van der Waals surface area contributed by atoms with E-state index >= 15 is 0 Å². The number of benzene rings is 2. The molecule has 2 N–H and O–H groups in total. The zero-order valence-corrected chi connectivity index (χ0v) is 16.0. The molecule has 0 aliphatic carbocycles. The van der Waals surface area contributed by atoms with Gasteiger partial charge in [0, 0.05) is 12.0 Å². The number of methoxy groups -OCH3 is 1. The molecule has 1 amide bonds. The second-order valence-electron chi connectivity index (χ2n) is 6.47.